The molecule has 0 aromatic carbocycles. The minimum Gasteiger partial charge on any atom is -0.342 e. The fourth-order valence-electron chi connectivity index (χ4n) is 2.34. The molecule has 2 atom stereocenters. The summed E-state index contributed by atoms with van der Waals surface area (Å²) in [5.41, 5.74) is 5.65. The highest BCUT2D eigenvalue weighted by atomic mass is 35.5. The number of nitrogens with two attached hydrogens (primary N) is 1. The molecule has 16 heavy (non-hydrogen) atoms. The zero-order valence-electron chi connectivity index (χ0n) is 10.4. The predicted molar refractivity (Wildman–Crippen MR) is 69.7 cm³/mol. The average Bonchev–Trinajstić information content (AvgIpc) is 2.17. The van der Waals surface area contributed by atoms with Crippen LogP contribution >= 0.6 is 12.4 Å². The van der Waals surface area contributed by atoms with E-state index in [1.165, 1.54) is 19.3 Å². The van der Waals surface area contributed by atoms with E-state index in [0.29, 0.717) is 6.42 Å². The van der Waals surface area contributed by atoms with Crippen LogP contribution in [0.2, 0.25) is 0 Å². The lowest BCUT2D eigenvalue weighted by molar-refractivity contribution is -0.133. The number of carbonyl (C=O) groups excluding carboxylic acids is 1. The van der Waals surface area contributed by atoms with Crippen LogP contribution in [-0.2, 0) is 4.79 Å². The third-order valence-electron chi connectivity index (χ3n) is 3.07. The molecular formula is C12H25ClN2O. The predicted octanol–water partition coefficient (Wildman–Crippen LogP) is 2.18. The van der Waals surface area contributed by atoms with Gasteiger partial charge in [0.05, 0.1) is 0 Å². The Kier molecular flexibility index (Phi) is 7.77. The number of amides is 1. The van der Waals surface area contributed by atoms with Gasteiger partial charge in [-0.15, -0.1) is 12.4 Å². The molecule has 0 bridgehead atoms. The quantitative estimate of drug-likeness (QED) is 0.829. The van der Waals surface area contributed by atoms with Gasteiger partial charge in [0.25, 0.3) is 0 Å². The van der Waals surface area contributed by atoms with E-state index in [4.69, 9.17) is 5.73 Å². The Morgan fingerprint density at radius 1 is 1.56 bits per heavy atom. The summed E-state index contributed by atoms with van der Waals surface area (Å²) >= 11 is 0. The molecule has 1 amide bonds. The summed E-state index contributed by atoms with van der Waals surface area (Å²) in [6, 6.07) is -0.0101. The molecule has 1 fully saturated rings. The van der Waals surface area contributed by atoms with E-state index in [9.17, 15) is 4.79 Å². The summed E-state index contributed by atoms with van der Waals surface area (Å²) in [6.45, 7) is 6.00. The highest BCUT2D eigenvalue weighted by molar-refractivity contribution is 5.85. The average molecular weight is 249 g/mol. The molecule has 1 aliphatic heterocycles. The number of halogens is 1. The Balaban J connectivity index is 0.00000225. The van der Waals surface area contributed by atoms with E-state index in [0.717, 1.165) is 25.4 Å². The van der Waals surface area contributed by atoms with E-state index >= 15 is 0 Å². The van der Waals surface area contributed by atoms with E-state index in [-0.39, 0.29) is 24.4 Å². The number of piperidine rings is 1. The Bertz CT molecular complexity index is 207. The van der Waals surface area contributed by atoms with Crippen molar-refractivity contribution in [3.63, 3.8) is 0 Å². The van der Waals surface area contributed by atoms with Crippen LogP contribution in [0.25, 0.3) is 0 Å². The molecule has 0 spiro atoms. The van der Waals surface area contributed by atoms with Crippen LogP contribution in [0.4, 0.5) is 0 Å². The van der Waals surface area contributed by atoms with Crippen LogP contribution in [-0.4, -0.2) is 29.9 Å². The molecule has 2 N–H and O–H groups in total. The maximum absolute atomic E-state index is 11.8. The first-order valence-corrected chi connectivity index (χ1v) is 6.16. The maximum Gasteiger partial charge on any atom is 0.224 e. The number of hydrogen-bond acceptors (Lipinski definition) is 2. The minimum atomic E-state index is -0.0101. The van der Waals surface area contributed by atoms with E-state index < -0.39 is 0 Å². The molecular weight excluding hydrogens is 224 g/mol. The number of carbonyl (C=O) groups is 1. The Morgan fingerprint density at radius 2 is 2.25 bits per heavy atom. The highest BCUT2D eigenvalue weighted by Gasteiger charge is 2.23. The molecule has 0 aliphatic carbocycles. The van der Waals surface area contributed by atoms with E-state index in [2.05, 4.69) is 6.92 Å². The standard InChI is InChI=1S/C12H24N2O.ClH/c1-3-5-11-6-4-7-14(9-11)12(15)8-10(2)13;/h10-11H,3-9,13H2,1-2H3;1H. The molecule has 1 rings (SSSR count). The lowest BCUT2D eigenvalue weighted by Crippen LogP contribution is -2.41. The van der Waals surface area contributed by atoms with Gasteiger partial charge in [-0.1, -0.05) is 13.3 Å². The van der Waals surface area contributed by atoms with Gasteiger partial charge in [0.15, 0.2) is 0 Å². The normalized spacial score (nSPS) is 22.4. The summed E-state index contributed by atoms with van der Waals surface area (Å²) in [4.78, 5) is 13.8. The van der Waals surface area contributed by atoms with Gasteiger partial charge in [-0.25, -0.2) is 0 Å². The molecule has 0 aromatic heterocycles. The smallest absolute Gasteiger partial charge is 0.224 e. The molecule has 2 unspecified atom stereocenters. The van der Waals surface area contributed by atoms with Crippen molar-refractivity contribution in [2.24, 2.45) is 11.7 Å². The zero-order valence-corrected chi connectivity index (χ0v) is 11.3. The summed E-state index contributed by atoms with van der Waals surface area (Å²) in [7, 11) is 0. The molecule has 0 radical (unpaired) electrons. The summed E-state index contributed by atoms with van der Waals surface area (Å²) < 4.78 is 0. The Labute approximate surface area is 105 Å². The van der Waals surface area contributed by atoms with Crippen LogP contribution in [0.15, 0.2) is 0 Å². The molecule has 4 heteroatoms. The fourth-order valence-corrected chi connectivity index (χ4v) is 2.34. The maximum atomic E-state index is 11.8. The molecule has 0 aromatic rings. The van der Waals surface area contributed by atoms with Crippen LogP contribution in [0.5, 0.6) is 0 Å². The van der Waals surface area contributed by atoms with Gasteiger partial charge in [0, 0.05) is 25.6 Å². The Hall–Kier alpha value is -0.280. The number of hydrogen-bond donors (Lipinski definition) is 1. The van der Waals surface area contributed by atoms with Gasteiger partial charge in [0.1, 0.15) is 0 Å². The van der Waals surface area contributed by atoms with Crippen molar-refractivity contribution in [2.75, 3.05) is 13.1 Å². The van der Waals surface area contributed by atoms with Crippen molar-refractivity contribution in [2.45, 2.75) is 52.0 Å². The van der Waals surface area contributed by atoms with Crippen LogP contribution in [0, 0.1) is 5.92 Å². The van der Waals surface area contributed by atoms with Gasteiger partial charge in [-0.05, 0) is 32.1 Å². The van der Waals surface area contributed by atoms with Crippen molar-refractivity contribution in [3.05, 3.63) is 0 Å². The largest absolute Gasteiger partial charge is 0.342 e. The van der Waals surface area contributed by atoms with E-state index in [1.807, 2.05) is 11.8 Å². The second-order valence-electron chi connectivity index (χ2n) is 4.82. The summed E-state index contributed by atoms with van der Waals surface area (Å²) in [5, 5.41) is 0. The zero-order chi connectivity index (χ0) is 11.3. The Morgan fingerprint density at radius 3 is 2.81 bits per heavy atom. The molecule has 1 aliphatic rings. The summed E-state index contributed by atoms with van der Waals surface area (Å²) in [5.74, 6) is 0.964. The van der Waals surface area contributed by atoms with Crippen molar-refractivity contribution in [1.29, 1.82) is 0 Å². The van der Waals surface area contributed by atoms with Crippen LogP contribution in [0.1, 0.15) is 46.0 Å². The lowest BCUT2D eigenvalue weighted by atomic mass is 9.93. The second kappa shape index (κ2) is 7.91. The van der Waals surface area contributed by atoms with Gasteiger partial charge < -0.3 is 10.6 Å². The molecule has 0 saturated carbocycles. The molecule has 1 saturated heterocycles. The topological polar surface area (TPSA) is 46.3 Å². The first-order chi connectivity index (χ1) is 7.13. The fraction of sp³-hybridized carbons (Fsp3) is 0.917. The van der Waals surface area contributed by atoms with Gasteiger partial charge >= 0.3 is 0 Å². The lowest BCUT2D eigenvalue weighted by Gasteiger charge is -2.33. The van der Waals surface area contributed by atoms with Gasteiger partial charge in [0.2, 0.25) is 5.91 Å². The molecule has 3 nitrogen and oxygen atoms in total. The van der Waals surface area contributed by atoms with Crippen LogP contribution < -0.4 is 5.73 Å². The number of nitrogens with zero attached hydrogens (tertiary/aromatic N) is 1. The third-order valence-corrected chi connectivity index (χ3v) is 3.07. The van der Waals surface area contributed by atoms with Crippen molar-refractivity contribution in [1.82, 2.24) is 4.90 Å². The third kappa shape index (κ3) is 5.17. The van der Waals surface area contributed by atoms with Crippen LogP contribution in [0.3, 0.4) is 0 Å². The van der Waals surface area contributed by atoms with Gasteiger partial charge in [-0.3, -0.25) is 4.79 Å². The first kappa shape index (κ1) is 15.7. The van der Waals surface area contributed by atoms with E-state index in [1.54, 1.807) is 0 Å². The highest BCUT2D eigenvalue weighted by Crippen LogP contribution is 2.21. The monoisotopic (exact) mass is 248 g/mol. The van der Waals surface area contributed by atoms with Crippen molar-refractivity contribution < 1.29 is 4.79 Å². The molecule has 96 valence electrons. The molecule has 1 heterocycles. The number of rotatable bonds is 4. The first-order valence-electron chi connectivity index (χ1n) is 6.16. The second-order valence-corrected chi connectivity index (χ2v) is 4.82. The van der Waals surface area contributed by atoms with Crippen molar-refractivity contribution in [3.8, 4) is 0 Å². The SMILES string of the molecule is CCCC1CCCN(C(=O)CC(C)N)C1.Cl. The summed E-state index contributed by atoms with van der Waals surface area (Å²) in [6.07, 6.45) is 5.42. The van der Waals surface area contributed by atoms with Crippen molar-refractivity contribution >= 4 is 18.3 Å². The minimum absolute atomic E-state index is 0. The number of likely N-dealkylation sites (tertiary alicyclic amines) is 1. The van der Waals surface area contributed by atoms with Gasteiger partial charge in [-0.2, -0.15) is 0 Å².